The number of aliphatic imine (C=N–C) groups is 1. The van der Waals surface area contributed by atoms with E-state index in [9.17, 15) is 4.39 Å². The van der Waals surface area contributed by atoms with Gasteiger partial charge in [-0.2, -0.15) is 5.10 Å². The van der Waals surface area contributed by atoms with E-state index in [4.69, 9.17) is 0 Å². The van der Waals surface area contributed by atoms with Crippen molar-refractivity contribution >= 4 is 29.9 Å². The number of likely N-dealkylation sites (tertiary alicyclic amines) is 1. The lowest BCUT2D eigenvalue weighted by molar-refractivity contribution is 0.453. The van der Waals surface area contributed by atoms with Crippen molar-refractivity contribution in [2.75, 3.05) is 26.7 Å². The monoisotopic (exact) mass is 485 g/mol. The van der Waals surface area contributed by atoms with E-state index < -0.39 is 0 Å². The minimum absolute atomic E-state index is 0. The van der Waals surface area contributed by atoms with Crippen molar-refractivity contribution in [3.8, 4) is 0 Å². The maximum absolute atomic E-state index is 13.6. The molecular formula is C20H29FIN5. The summed E-state index contributed by atoms with van der Waals surface area (Å²) in [6, 6.07) is 6.83. The zero-order valence-electron chi connectivity index (χ0n) is 16.4. The molecule has 1 atom stereocenters. The summed E-state index contributed by atoms with van der Waals surface area (Å²) in [5.74, 6) is 1.19. The molecule has 0 saturated carbocycles. The van der Waals surface area contributed by atoms with Crippen molar-refractivity contribution in [2.45, 2.75) is 31.6 Å². The molecule has 1 aliphatic rings. The Labute approximate surface area is 178 Å². The summed E-state index contributed by atoms with van der Waals surface area (Å²) in [7, 11) is 3.76. The fourth-order valence-electron chi connectivity index (χ4n) is 3.52. The molecule has 5 nitrogen and oxygen atoms in total. The number of halogens is 2. The van der Waals surface area contributed by atoms with Gasteiger partial charge in [0.25, 0.3) is 0 Å². The highest BCUT2D eigenvalue weighted by molar-refractivity contribution is 14.0. The third-order valence-corrected chi connectivity index (χ3v) is 5.19. The molecule has 7 heteroatoms. The van der Waals surface area contributed by atoms with Crippen LogP contribution >= 0.6 is 24.0 Å². The molecule has 1 aromatic heterocycles. The fourth-order valence-corrected chi connectivity index (χ4v) is 3.52. The number of guanidine groups is 1. The van der Waals surface area contributed by atoms with Crippen LogP contribution in [0.3, 0.4) is 0 Å². The van der Waals surface area contributed by atoms with Gasteiger partial charge < -0.3 is 10.2 Å². The van der Waals surface area contributed by atoms with Gasteiger partial charge in [-0.15, -0.1) is 24.0 Å². The Balaban J connectivity index is 0.00000261. The molecule has 0 spiro atoms. The summed E-state index contributed by atoms with van der Waals surface area (Å²) in [4.78, 5) is 6.75. The second-order valence-corrected chi connectivity index (χ2v) is 7.67. The second kappa shape index (κ2) is 9.03. The molecular weight excluding hydrogens is 456 g/mol. The average Bonchev–Trinajstić information content (AvgIpc) is 3.24. The van der Waals surface area contributed by atoms with Crippen LogP contribution in [0.5, 0.6) is 0 Å². The lowest BCUT2D eigenvalue weighted by Gasteiger charge is -2.29. The van der Waals surface area contributed by atoms with E-state index >= 15 is 0 Å². The Morgan fingerprint density at radius 1 is 1.41 bits per heavy atom. The maximum atomic E-state index is 13.6. The molecule has 2 heterocycles. The Kier molecular flexibility index (Phi) is 7.25. The van der Waals surface area contributed by atoms with E-state index in [2.05, 4.69) is 40.4 Å². The van der Waals surface area contributed by atoms with Gasteiger partial charge in [-0.1, -0.05) is 26.0 Å². The first kappa shape index (κ1) is 21.7. The van der Waals surface area contributed by atoms with Crippen molar-refractivity contribution in [1.29, 1.82) is 0 Å². The number of hydrogen-bond donors (Lipinski definition) is 1. The first-order valence-electron chi connectivity index (χ1n) is 9.09. The molecule has 1 aromatic carbocycles. The maximum Gasteiger partial charge on any atom is 0.193 e. The molecule has 3 rings (SSSR count). The predicted octanol–water partition coefficient (Wildman–Crippen LogP) is 3.52. The van der Waals surface area contributed by atoms with E-state index in [1.165, 1.54) is 11.6 Å². The third kappa shape index (κ3) is 5.21. The number of aryl methyl sites for hydroxylation is 1. The van der Waals surface area contributed by atoms with E-state index in [-0.39, 0.29) is 35.2 Å². The second-order valence-electron chi connectivity index (χ2n) is 7.67. The van der Waals surface area contributed by atoms with Crippen molar-refractivity contribution in [1.82, 2.24) is 20.0 Å². The topological polar surface area (TPSA) is 45.5 Å². The van der Waals surface area contributed by atoms with Crippen LogP contribution in [0.25, 0.3) is 0 Å². The molecule has 1 N–H and O–H groups in total. The summed E-state index contributed by atoms with van der Waals surface area (Å²) in [6.45, 7) is 6.83. The van der Waals surface area contributed by atoms with Crippen LogP contribution in [0.15, 0.2) is 41.7 Å². The fraction of sp³-hybridized carbons (Fsp3) is 0.500. The molecule has 1 aliphatic heterocycles. The number of hydrogen-bond acceptors (Lipinski definition) is 2. The van der Waals surface area contributed by atoms with Crippen LogP contribution in [0, 0.1) is 5.82 Å². The van der Waals surface area contributed by atoms with E-state index in [1.54, 1.807) is 12.1 Å². The van der Waals surface area contributed by atoms with E-state index in [0.29, 0.717) is 12.5 Å². The molecule has 0 amide bonds. The first-order chi connectivity index (χ1) is 12.4. The van der Waals surface area contributed by atoms with Gasteiger partial charge in [0, 0.05) is 51.3 Å². The highest BCUT2D eigenvalue weighted by Crippen LogP contribution is 2.27. The van der Waals surface area contributed by atoms with Crippen LogP contribution < -0.4 is 5.32 Å². The summed E-state index contributed by atoms with van der Waals surface area (Å²) >= 11 is 0. The van der Waals surface area contributed by atoms with Gasteiger partial charge in [-0.25, -0.2) is 4.39 Å². The quantitative estimate of drug-likeness (QED) is 0.410. The number of aromatic nitrogens is 2. The third-order valence-electron chi connectivity index (χ3n) is 5.19. The Bertz CT molecular complexity index is 786. The number of nitrogens with zero attached hydrogens (tertiary/aromatic N) is 4. The SMILES string of the molecule is CN=C(NCC(C)(C)c1cccc(F)c1)N1CCC(c2cnn(C)c2)C1.I. The van der Waals surface area contributed by atoms with Crippen molar-refractivity contribution in [3.05, 3.63) is 53.6 Å². The number of rotatable bonds is 4. The van der Waals surface area contributed by atoms with Gasteiger partial charge in [0.1, 0.15) is 5.82 Å². The summed E-state index contributed by atoms with van der Waals surface area (Å²) in [6.07, 6.45) is 5.15. The van der Waals surface area contributed by atoms with Gasteiger partial charge in [-0.3, -0.25) is 9.67 Å². The average molecular weight is 485 g/mol. The zero-order chi connectivity index (χ0) is 18.7. The smallest absolute Gasteiger partial charge is 0.193 e. The number of benzene rings is 1. The Hall–Kier alpha value is -1.64. The van der Waals surface area contributed by atoms with Crippen LogP contribution in [-0.2, 0) is 12.5 Å². The van der Waals surface area contributed by atoms with Crippen molar-refractivity contribution < 1.29 is 4.39 Å². The molecule has 1 fully saturated rings. The van der Waals surface area contributed by atoms with E-state index in [1.807, 2.05) is 31.0 Å². The zero-order valence-corrected chi connectivity index (χ0v) is 18.8. The normalized spacial score (nSPS) is 17.7. The molecule has 1 unspecified atom stereocenters. The van der Waals surface area contributed by atoms with Crippen LogP contribution in [-0.4, -0.2) is 47.3 Å². The first-order valence-corrected chi connectivity index (χ1v) is 9.09. The predicted molar refractivity (Wildman–Crippen MR) is 118 cm³/mol. The highest BCUT2D eigenvalue weighted by atomic mass is 127. The van der Waals surface area contributed by atoms with Gasteiger partial charge in [0.05, 0.1) is 6.20 Å². The van der Waals surface area contributed by atoms with Crippen molar-refractivity contribution in [3.63, 3.8) is 0 Å². The molecule has 0 aliphatic carbocycles. The van der Waals surface area contributed by atoms with Gasteiger partial charge >= 0.3 is 0 Å². The Morgan fingerprint density at radius 3 is 2.81 bits per heavy atom. The molecule has 1 saturated heterocycles. The van der Waals surface area contributed by atoms with Crippen molar-refractivity contribution in [2.24, 2.45) is 12.0 Å². The molecule has 148 valence electrons. The molecule has 0 bridgehead atoms. The highest BCUT2D eigenvalue weighted by Gasteiger charge is 2.28. The summed E-state index contributed by atoms with van der Waals surface area (Å²) in [5, 5.41) is 7.76. The van der Waals surface area contributed by atoms with Gasteiger partial charge in [0.15, 0.2) is 5.96 Å². The molecule has 2 aromatic rings. The number of nitrogens with one attached hydrogen (secondary N) is 1. The van der Waals surface area contributed by atoms with Crippen LogP contribution in [0.2, 0.25) is 0 Å². The van der Waals surface area contributed by atoms with Crippen LogP contribution in [0.1, 0.15) is 37.3 Å². The Morgan fingerprint density at radius 2 is 2.19 bits per heavy atom. The van der Waals surface area contributed by atoms with Gasteiger partial charge in [0.2, 0.25) is 0 Å². The summed E-state index contributed by atoms with van der Waals surface area (Å²) in [5.41, 5.74) is 2.07. The summed E-state index contributed by atoms with van der Waals surface area (Å²) < 4.78 is 15.4. The van der Waals surface area contributed by atoms with Gasteiger partial charge in [-0.05, 0) is 29.7 Å². The van der Waals surface area contributed by atoms with E-state index in [0.717, 1.165) is 31.0 Å². The molecule has 27 heavy (non-hydrogen) atoms. The lowest BCUT2D eigenvalue weighted by atomic mass is 9.84. The lowest BCUT2D eigenvalue weighted by Crippen LogP contribution is -2.45. The minimum atomic E-state index is -0.196. The minimum Gasteiger partial charge on any atom is -0.355 e. The largest absolute Gasteiger partial charge is 0.355 e. The van der Waals surface area contributed by atoms with Crippen LogP contribution in [0.4, 0.5) is 4.39 Å². The standard InChI is InChI=1S/C20H28FN5.HI/c1-20(2,17-6-5-7-18(21)10-17)14-23-19(22-3)26-9-8-15(13-26)16-11-24-25(4)12-16;/h5-7,10-12,15H,8-9,13-14H2,1-4H3,(H,22,23);1H. The molecule has 0 radical (unpaired) electrons.